The average Bonchev–Trinajstić information content (AvgIpc) is 2.66. The number of fused-ring (bicyclic) bond motifs is 1. The second-order valence-electron chi connectivity index (χ2n) is 7.21. The zero-order chi connectivity index (χ0) is 18.4. The van der Waals surface area contributed by atoms with Crippen molar-refractivity contribution in [2.45, 2.75) is 57.4 Å². The Morgan fingerprint density at radius 2 is 1.85 bits per heavy atom. The summed E-state index contributed by atoms with van der Waals surface area (Å²) in [7, 11) is 0. The Kier molecular flexibility index (Phi) is 6.94. The van der Waals surface area contributed by atoms with Crippen molar-refractivity contribution < 1.29 is 14.0 Å². The van der Waals surface area contributed by atoms with Crippen molar-refractivity contribution >= 4 is 28.6 Å². The van der Waals surface area contributed by atoms with Gasteiger partial charge in [-0.2, -0.15) is 0 Å². The predicted octanol–water partition coefficient (Wildman–Crippen LogP) is 5.05. The fraction of sp³-hybridized carbons (Fsp3) is 0.600. The molecule has 1 saturated heterocycles. The van der Waals surface area contributed by atoms with Gasteiger partial charge in [0, 0.05) is 30.4 Å². The van der Waals surface area contributed by atoms with Gasteiger partial charge in [-0.3, -0.25) is 9.59 Å². The fourth-order valence-electron chi connectivity index (χ4n) is 4.15. The molecule has 2 amide bonds. The van der Waals surface area contributed by atoms with Crippen molar-refractivity contribution in [1.29, 1.82) is 0 Å². The summed E-state index contributed by atoms with van der Waals surface area (Å²) in [5, 5.41) is 2.55. The maximum atomic E-state index is 12.9. The molecule has 4 nitrogen and oxygen atoms in total. The molecule has 2 aliphatic rings. The number of anilines is 1. The number of carbonyl (C=O) groups is 2. The number of nitrogens with one attached hydrogen (secondary N) is 1. The molecular formula is C20H27FN2O2S. The number of hydrogen-bond acceptors (Lipinski definition) is 3. The molecule has 1 heterocycles. The van der Waals surface area contributed by atoms with Crippen LogP contribution in [0.1, 0.15) is 51.4 Å². The zero-order valence-corrected chi connectivity index (χ0v) is 15.9. The number of amides is 2. The first-order valence-corrected chi connectivity index (χ1v) is 10.6. The number of halogens is 1. The van der Waals surface area contributed by atoms with Crippen LogP contribution in [0.15, 0.2) is 24.3 Å². The van der Waals surface area contributed by atoms with E-state index >= 15 is 0 Å². The van der Waals surface area contributed by atoms with E-state index in [0.717, 1.165) is 19.4 Å². The van der Waals surface area contributed by atoms with E-state index in [1.54, 1.807) is 0 Å². The average molecular weight is 379 g/mol. The Morgan fingerprint density at radius 3 is 2.65 bits per heavy atom. The van der Waals surface area contributed by atoms with E-state index in [1.807, 2.05) is 0 Å². The smallest absolute Gasteiger partial charge is 0.283 e. The van der Waals surface area contributed by atoms with Gasteiger partial charge in [-0.25, -0.2) is 4.39 Å². The standard InChI is InChI=1S/C20H27FN2O2S/c21-16-9-11-17(12-10-16)22-20(25)26-14-4-8-19(24)23-13-3-6-15-5-1-2-7-18(15)23/h9-12,15,18H,1-8,13-14H2,(H,22,25). The van der Waals surface area contributed by atoms with Gasteiger partial charge in [-0.15, -0.1) is 0 Å². The summed E-state index contributed by atoms with van der Waals surface area (Å²) in [4.78, 5) is 26.6. The van der Waals surface area contributed by atoms with E-state index in [1.165, 1.54) is 61.7 Å². The molecule has 0 radical (unpaired) electrons. The van der Waals surface area contributed by atoms with Crippen molar-refractivity contribution in [3.8, 4) is 0 Å². The van der Waals surface area contributed by atoms with Crippen LogP contribution >= 0.6 is 11.8 Å². The van der Waals surface area contributed by atoms with Gasteiger partial charge in [-0.05, 0) is 62.3 Å². The van der Waals surface area contributed by atoms with Crippen LogP contribution in [0.25, 0.3) is 0 Å². The summed E-state index contributed by atoms with van der Waals surface area (Å²) in [6.07, 6.45) is 8.59. The van der Waals surface area contributed by atoms with Crippen LogP contribution in [0.4, 0.5) is 14.9 Å². The maximum Gasteiger partial charge on any atom is 0.283 e. The number of thioether (sulfide) groups is 1. The van der Waals surface area contributed by atoms with Gasteiger partial charge in [0.2, 0.25) is 5.91 Å². The lowest BCUT2D eigenvalue weighted by Crippen LogP contribution is -2.49. The first-order valence-electron chi connectivity index (χ1n) is 9.62. The lowest BCUT2D eigenvalue weighted by molar-refractivity contribution is -0.137. The third kappa shape index (κ3) is 5.22. The summed E-state index contributed by atoms with van der Waals surface area (Å²) in [5.41, 5.74) is 0.580. The van der Waals surface area contributed by atoms with Crippen LogP contribution in [-0.4, -0.2) is 34.4 Å². The zero-order valence-electron chi connectivity index (χ0n) is 15.1. The number of carbonyl (C=O) groups excluding carboxylic acids is 2. The summed E-state index contributed by atoms with van der Waals surface area (Å²) in [6.45, 7) is 0.901. The Balaban J connectivity index is 1.36. The molecule has 2 fully saturated rings. The SMILES string of the molecule is O=C(Nc1ccc(F)cc1)SCCCC(=O)N1CCCC2CCCCC21. The molecule has 0 spiro atoms. The minimum absolute atomic E-state index is 0.172. The first kappa shape index (κ1) is 19.2. The van der Waals surface area contributed by atoms with Gasteiger partial charge >= 0.3 is 0 Å². The Hall–Kier alpha value is -1.56. The van der Waals surface area contributed by atoms with Crippen molar-refractivity contribution in [2.75, 3.05) is 17.6 Å². The van der Waals surface area contributed by atoms with Crippen LogP contribution in [-0.2, 0) is 4.79 Å². The van der Waals surface area contributed by atoms with Gasteiger partial charge in [0.1, 0.15) is 5.82 Å². The quantitative estimate of drug-likeness (QED) is 0.729. The number of likely N-dealkylation sites (tertiary alicyclic amines) is 1. The molecule has 0 bridgehead atoms. The number of benzene rings is 1. The Labute approximate surface area is 158 Å². The van der Waals surface area contributed by atoms with Gasteiger partial charge in [-0.1, -0.05) is 24.6 Å². The van der Waals surface area contributed by atoms with Gasteiger partial charge < -0.3 is 10.2 Å². The third-order valence-corrected chi connectivity index (χ3v) is 6.28. The topological polar surface area (TPSA) is 49.4 Å². The molecule has 142 valence electrons. The maximum absolute atomic E-state index is 12.9. The normalized spacial score (nSPS) is 22.6. The number of piperidine rings is 1. The van der Waals surface area contributed by atoms with E-state index in [9.17, 15) is 14.0 Å². The Bertz CT molecular complexity index is 621. The molecule has 26 heavy (non-hydrogen) atoms. The third-order valence-electron chi connectivity index (χ3n) is 5.42. The van der Waals surface area contributed by atoms with Crippen molar-refractivity contribution in [2.24, 2.45) is 5.92 Å². The lowest BCUT2D eigenvalue weighted by atomic mass is 9.78. The van der Waals surface area contributed by atoms with Crippen LogP contribution in [0.5, 0.6) is 0 Å². The molecule has 1 N–H and O–H groups in total. The largest absolute Gasteiger partial charge is 0.339 e. The van der Waals surface area contributed by atoms with Crippen molar-refractivity contribution in [1.82, 2.24) is 4.90 Å². The summed E-state index contributed by atoms with van der Waals surface area (Å²) in [5.74, 6) is 1.24. The van der Waals surface area contributed by atoms with Gasteiger partial charge in [0.15, 0.2) is 0 Å². The molecule has 2 unspecified atom stereocenters. The van der Waals surface area contributed by atoms with E-state index in [0.29, 0.717) is 36.2 Å². The van der Waals surface area contributed by atoms with E-state index in [4.69, 9.17) is 0 Å². The Morgan fingerprint density at radius 1 is 1.12 bits per heavy atom. The number of nitrogens with zero attached hydrogens (tertiary/aromatic N) is 1. The van der Waals surface area contributed by atoms with Gasteiger partial charge in [0.05, 0.1) is 0 Å². The molecule has 1 aliphatic heterocycles. The predicted molar refractivity (Wildman–Crippen MR) is 104 cm³/mol. The number of hydrogen-bond donors (Lipinski definition) is 1. The van der Waals surface area contributed by atoms with Gasteiger partial charge in [0.25, 0.3) is 5.24 Å². The second kappa shape index (κ2) is 9.40. The second-order valence-corrected chi connectivity index (χ2v) is 8.28. The van der Waals surface area contributed by atoms with Crippen LogP contribution in [0.3, 0.4) is 0 Å². The van der Waals surface area contributed by atoms with E-state index in [-0.39, 0.29) is 17.0 Å². The monoisotopic (exact) mass is 378 g/mol. The first-order chi connectivity index (χ1) is 12.6. The summed E-state index contributed by atoms with van der Waals surface area (Å²) < 4.78 is 12.9. The lowest BCUT2D eigenvalue weighted by Gasteiger charge is -2.44. The van der Waals surface area contributed by atoms with Crippen LogP contribution < -0.4 is 5.32 Å². The van der Waals surface area contributed by atoms with Crippen molar-refractivity contribution in [3.05, 3.63) is 30.1 Å². The molecule has 6 heteroatoms. The molecule has 1 aromatic carbocycles. The highest BCUT2D eigenvalue weighted by Gasteiger charge is 2.35. The minimum Gasteiger partial charge on any atom is -0.339 e. The molecule has 1 aliphatic carbocycles. The summed E-state index contributed by atoms with van der Waals surface area (Å²) >= 11 is 1.17. The van der Waals surface area contributed by atoms with Crippen LogP contribution in [0.2, 0.25) is 0 Å². The van der Waals surface area contributed by atoms with Crippen molar-refractivity contribution in [3.63, 3.8) is 0 Å². The molecule has 2 atom stereocenters. The highest BCUT2D eigenvalue weighted by Crippen LogP contribution is 2.35. The molecule has 3 rings (SSSR count). The molecule has 1 saturated carbocycles. The number of rotatable bonds is 5. The van der Waals surface area contributed by atoms with E-state index in [2.05, 4.69) is 10.2 Å². The fourth-order valence-corrected chi connectivity index (χ4v) is 4.82. The summed E-state index contributed by atoms with van der Waals surface area (Å²) in [6, 6.07) is 6.16. The van der Waals surface area contributed by atoms with E-state index < -0.39 is 0 Å². The van der Waals surface area contributed by atoms with Crippen LogP contribution in [0, 0.1) is 11.7 Å². The molecular weight excluding hydrogens is 351 g/mol. The molecule has 0 aromatic heterocycles. The highest BCUT2D eigenvalue weighted by atomic mass is 32.2. The minimum atomic E-state index is -0.327. The highest BCUT2D eigenvalue weighted by molar-refractivity contribution is 8.13. The molecule has 1 aromatic rings.